The molecule has 226 valence electrons. The minimum atomic E-state index is -0.985. The van der Waals surface area contributed by atoms with Crippen molar-refractivity contribution in [1.29, 1.82) is 0 Å². The molecule has 4 amide bonds. The molecule has 0 saturated carbocycles. The second-order valence-corrected chi connectivity index (χ2v) is 11.3. The SMILES string of the molecule is C=CCCC(=O)N[C@H](C(=O)N1CCC[C@H]1C(=O)N[C@@H](Cc1ccccc1)C(=O)N[C@@H](CC(C)C)C(=O)OC)C(C)C. The Balaban J connectivity index is 2.24. The van der Waals surface area contributed by atoms with Crippen LogP contribution in [0.2, 0.25) is 0 Å². The molecule has 0 aromatic heterocycles. The van der Waals surface area contributed by atoms with Crippen LogP contribution in [0.15, 0.2) is 43.0 Å². The van der Waals surface area contributed by atoms with Crippen molar-refractivity contribution >= 4 is 29.6 Å². The van der Waals surface area contributed by atoms with Gasteiger partial charge in [0.2, 0.25) is 23.6 Å². The van der Waals surface area contributed by atoms with Crippen LogP contribution in [0.5, 0.6) is 0 Å². The number of ether oxygens (including phenoxy) is 1. The van der Waals surface area contributed by atoms with E-state index in [4.69, 9.17) is 4.74 Å². The lowest BCUT2D eigenvalue weighted by Crippen LogP contribution is -2.58. The number of benzene rings is 1. The van der Waals surface area contributed by atoms with E-state index >= 15 is 0 Å². The maximum absolute atomic E-state index is 13.6. The third-order valence-electron chi connectivity index (χ3n) is 7.09. The molecule has 0 unspecified atom stereocenters. The van der Waals surface area contributed by atoms with E-state index in [1.807, 2.05) is 58.0 Å². The van der Waals surface area contributed by atoms with Gasteiger partial charge in [0.1, 0.15) is 24.2 Å². The van der Waals surface area contributed by atoms with Gasteiger partial charge in [0.15, 0.2) is 0 Å². The fourth-order valence-corrected chi connectivity index (χ4v) is 4.90. The number of rotatable bonds is 15. The van der Waals surface area contributed by atoms with Crippen molar-refractivity contribution < 1.29 is 28.7 Å². The predicted octanol–water partition coefficient (Wildman–Crippen LogP) is 2.52. The molecular weight excluding hydrogens is 524 g/mol. The number of nitrogens with zero attached hydrogens (tertiary/aromatic N) is 1. The fourth-order valence-electron chi connectivity index (χ4n) is 4.90. The van der Waals surface area contributed by atoms with Gasteiger partial charge in [-0.25, -0.2) is 4.79 Å². The molecule has 41 heavy (non-hydrogen) atoms. The summed E-state index contributed by atoms with van der Waals surface area (Å²) < 4.78 is 4.89. The van der Waals surface area contributed by atoms with Gasteiger partial charge in [0, 0.05) is 19.4 Å². The van der Waals surface area contributed by atoms with E-state index < -0.39 is 42.0 Å². The van der Waals surface area contributed by atoms with Crippen LogP contribution in [0.25, 0.3) is 0 Å². The van der Waals surface area contributed by atoms with Crippen LogP contribution in [0.4, 0.5) is 0 Å². The van der Waals surface area contributed by atoms with Crippen LogP contribution in [-0.2, 0) is 35.1 Å². The van der Waals surface area contributed by atoms with E-state index in [9.17, 15) is 24.0 Å². The Hall–Kier alpha value is -3.69. The van der Waals surface area contributed by atoms with Crippen LogP contribution < -0.4 is 16.0 Å². The van der Waals surface area contributed by atoms with Crippen LogP contribution in [0, 0.1) is 11.8 Å². The number of carbonyl (C=O) groups excluding carboxylic acids is 5. The molecule has 0 bridgehead atoms. The summed E-state index contributed by atoms with van der Waals surface area (Å²) in [5.41, 5.74) is 0.827. The minimum absolute atomic E-state index is 0.116. The van der Waals surface area contributed by atoms with Gasteiger partial charge in [-0.15, -0.1) is 6.58 Å². The maximum Gasteiger partial charge on any atom is 0.328 e. The maximum atomic E-state index is 13.6. The van der Waals surface area contributed by atoms with E-state index in [0.717, 1.165) is 5.56 Å². The van der Waals surface area contributed by atoms with Crippen molar-refractivity contribution in [1.82, 2.24) is 20.9 Å². The van der Waals surface area contributed by atoms with Crippen molar-refractivity contribution in [3.8, 4) is 0 Å². The van der Waals surface area contributed by atoms with Crippen molar-refractivity contribution in [2.45, 2.75) is 90.4 Å². The summed E-state index contributed by atoms with van der Waals surface area (Å²) in [6.45, 7) is 11.6. The quantitative estimate of drug-likeness (QED) is 0.219. The highest BCUT2D eigenvalue weighted by atomic mass is 16.5. The third-order valence-corrected chi connectivity index (χ3v) is 7.09. The summed E-state index contributed by atoms with van der Waals surface area (Å²) in [6, 6.07) is 5.84. The first-order valence-corrected chi connectivity index (χ1v) is 14.4. The lowest BCUT2D eigenvalue weighted by atomic mass is 10.0. The Morgan fingerprint density at radius 2 is 1.71 bits per heavy atom. The van der Waals surface area contributed by atoms with Gasteiger partial charge in [-0.1, -0.05) is 64.1 Å². The number of carbonyl (C=O) groups is 5. The van der Waals surface area contributed by atoms with Crippen molar-refractivity contribution in [3.05, 3.63) is 48.6 Å². The zero-order chi connectivity index (χ0) is 30.5. The van der Waals surface area contributed by atoms with Gasteiger partial charge >= 0.3 is 5.97 Å². The lowest BCUT2D eigenvalue weighted by molar-refractivity contribution is -0.146. The average Bonchev–Trinajstić information content (AvgIpc) is 3.43. The van der Waals surface area contributed by atoms with E-state index in [-0.39, 0.29) is 36.5 Å². The van der Waals surface area contributed by atoms with Gasteiger partial charge in [-0.3, -0.25) is 19.2 Å². The Bertz CT molecular complexity index is 1060. The number of nitrogens with one attached hydrogen (secondary N) is 3. The van der Waals surface area contributed by atoms with Gasteiger partial charge in [-0.2, -0.15) is 0 Å². The predicted molar refractivity (Wildman–Crippen MR) is 156 cm³/mol. The Morgan fingerprint density at radius 3 is 2.29 bits per heavy atom. The molecule has 0 radical (unpaired) electrons. The van der Waals surface area contributed by atoms with Gasteiger partial charge in [0.25, 0.3) is 0 Å². The van der Waals surface area contributed by atoms with Gasteiger partial charge < -0.3 is 25.6 Å². The first-order chi connectivity index (χ1) is 19.5. The van der Waals surface area contributed by atoms with Crippen molar-refractivity contribution in [2.24, 2.45) is 11.8 Å². The lowest BCUT2D eigenvalue weighted by Gasteiger charge is -2.31. The molecule has 1 fully saturated rings. The molecular formula is C31H46N4O6. The Labute approximate surface area is 243 Å². The number of methoxy groups -OCH3 is 1. The van der Waals surface area contributed by atoms with E-state index in [1.54, 1.807) is 6.08 Å². The molecule has 10 heteroatoms. The molecule has 1 aromatic rings. The van der Waals surface area contributed by atoms with Crippen LogP contribution in [0.1, 0.15) is 65.4 Å². The standard InChI is InChI=1S/C31H46N4O6/c1-7-8-16-26(36)34-27(21(4)5)30(39)35-17-12-15-25(35)29(38)32-23(19-22-13-10-9-11-14-22)28(37)33-24(18-20(2)3)31(40)41-6/h7,9-11,13-14,20-21,23-25,27H,1,8,12,15-19H2,2-6H3,(H,32,38)(H,33,37)(H,34,36)/t23-,24-,25-,27-/m0/s1. The molecule has 0 aliphatic carbocycles. The molecule has 4 atom stereocenters. The summed E-state index contributed by atoms with van der Waals surface area (Å²) in [4.78, 5) is 66.9. The summed E-state index contributed by atoms with van der Waals surface area (Å²) >= 11 is 0. The smallest absolute Gasteiger partial charge is 0.328 e. The highest BCUT2D eigenvalue weighted by Crippen LogP contribution is 2.21. The summed E-state index contributed by atoms with van der Waals surface area (Å²) in [5.74, 6) is -2.17. The van der Waals surface area contributed by atoms with E-state index in [1.165, 1.54) is 12.0 Å². The monoisotopic (exact) mass is 570 g/mol. The number of hydrogen-bond acceptors (Lipinski definition) is 6. The molecule has 3 N–H and O–H groups in total. The largest absolute Gasteiger partial charge is 0.467 e. The van der Waals surface area contributed by atoms with Gasteiger partial charge in [0.05, 0.1) is 7.11 Å². The van der Waals surface area contributed by atoms with E-state index in [2.05, 4.69) is 22.5 Å². The highest BCUT2D eigenvalue weighted by Gasteiger charge is 2.40. The number of likely N-dealkylation sites (tertiary alicyclic amines) is 1. The molecule has 1 heterocycles. The third kappa shape index (κ3) is 10.3. The zero-order valence-electron chi connectivity index (χ0n) is 25.0. The number of hydrogen-bond donors (Lipinski definition) is 3. The first kappa shape index (κ1) is 33.5. The minimum Gasteiger partial charge on any atom is -0.467 e. The number of esters is 1. The average molecular weight is 571 g/mol. The molecule has 1 aromatic carbocycles. The van der Waals surface area contributed by atoms with Gasteiger partial charge in [-0.05, 0) is 43.1 Å². The first-order valence-electron chi connectivity index (χ1n) is 14.4. The Kier molecular flexibility index (Phi) is 13.5. The van der Waals surface area contributed by atoms with Crippen molar-refractivity contribution in [2.75, 3.05) is 13.7 Å². The highest BCUT2D eigenvalue weighted by molar-refractivity contribution is 5.95. The molecule has 0 spiro atoms. The fraction of sp³-hybridized carbons (Fsp3) is 0.581. The number of amides is 4. The van der Waals surface area contributed by atoms with Crippen LogP contribution >= 0.6 is 0 Å². The Morgan fingerprint density at radius 1 is 1.02 bits per heavy atom. The molecule has 1 saturated heterocycles. The number of allylic oxidation sites excluding steroid dienone is 1. The van der Waals surface area contributed by atoms with Crippen LogP contribution in [-0.4, -0.2) is 72.3 Å². The topological polar surface area (TPSA) is 134 Å². The van der Waals surface area contributed by atoms with E-state index in [0.29, 0.717) is 32.2 Å². The molecule has 1 aliphatic heterocycles. The van der Waals surface area contributed by atoms with Crippen LogP contribution in [0.3, 0.4) is 0 Å². The zero-order valence-corrected chi connectivity index (χ0v) is 25.0. The second-order valence-electron chi connectivity index (χ2n) is 11.3. The normalized spacial score (nSPS) is 17.0. The molecule has 2 rings (SSSR count). The van der Waals surface area contributed by atoms with Crippen molar-refractivity contribution in [3.63, 3.8) is 0 Å². The summed E-state index contributed by atoms with van der Waals surface area (Å²) in [7, 11) is 1.27. The molecule has 10 nitrogen and oxygen atoms in total. The summed E-state index contributed by atoms with van der Waals surface area (Å²) in [5, 5.41) is 8.42. The second kappa shape index (κ2) is 16.5. The molecule has 1 aliphatic rings. The summed E-state index contributed by atoms with van der Waals surface area (Å²) in [6.07, 6.45) is 4.00.